The maximum atomic E-state index is 13.2. The molecule has 166 valence electrons. The molecule has 5 heteroatoms. The van der Waals surface area contributed by atoms with E-state index in [-0.39, 0.29) is 17.4 Å². The first-order chi connectivity index (χ1) is 14.9. The lowest BCUT2D eigenvalue weighted by atomic mass is 9.76. The van der Waals surface area contributed by atoms with Crippen LogP contribution in [0, 0.1) is 5.82 Å². The third-order valence-corrected chi connectivity index (χ3v) is 6.89. The van der Waals surface area contributed by atoms with Crippen molar-refractivity contribution in [2.45, 2.75) is 69.9 Å². The van der Waals surface area contributed by atoms with Crippen LogP contribution in [0.1, 0.15) is 63.0 Å². The van der Waals surface area contributed by atoms with Crippen molar-refractivity contribution in [3.8, 4) is 0 Å². The summed E-state index contributed by atoms with van der Waals surface area (Å²) in [6.45, 7) is 6.26. The van der Waals surface area contributed by atoms with Gasteiger partial charge < -0.3 is 10.6 Å². The quantitative estimate of drug-likeness (QED) is 0.600. The van der Waals surface area contributed by atoms with Gasteiger partial charge in [-0.3, -0.25) is 4.90 Å². The van der Waals surface area contributed by atoms with E-state index in [0.29, 0.717) is 12.0 Å². The van der Waals surface area contributed by atoms with Crippen LogP contribution in [0.2, 0.25) is 0 Å². The first-order valence-electron chi connectivity index (χ1n) is 11.6. The minimum absolute atomic E-state index is 0.116. The molecule has 0 bridgehead atoms. The Morgan fingerprint density at radius 3 is 2.61 bits per heavy atom. The minimum Gasteiger partial charge on any atom is -0.331 e. The zero-order valence-electron chi connectivity index (χ0n) is 18.7. The van der Waals surface area contributed by atoms with Gasteiger partial charge in [-0.1, -0.05) is 38.1 Å². The van der Waals surface area contributed by atoms with Gasteiger partial charge in [-0.25, -0.2) is 9.18 Å². The second-order valence-electron chi connectivity index (χ2n) is 9.59. The maximum Gasteiger partial charge on any atom is 0.319 e. The molecule has 1 atom stereocenters. The molecular formula is C26H34FN3O. The Labute approximate surface area is 185 Å². The summed E-state index contributed by atoms with van der Waals surface area (Å²) in [7, 11) is 0. The predicted octanol–water partition coefficient (Wildman–Crippen LogP) is 5.70. The number of halogens is 1. The van der Waals surface area contributed by atoms with Gasteiger partial charge in [0.1, 0.15) is 5.82 Å². The second-order valence-corrected chi connectivity index (χ2v) is 9.59. The fourth-order valence-electron chi connectivity index (χ4n) is 4.92. The molecule has 1 saturated carbocycles. The molecule has 2 aliphatic rings. The number of rotatable bonds is 7. The summed E-state index contributed by atoms with van der Waals surface area (Å²) in [6, 6.07) is 15.3. The smallest absolute Gasteiger partial charge is 0.319 e. The summed E-state index contributed by atoms with van der Waals surface area (Å²) in [5.41, 5.74) is 3.09. The highest BCUT2D eigenvalue weighted by Gasteiger charge is 2.42. The number of carbonyl (C=O) groups excluding carboxylic acids is 1. The van der Waals surface area contributed by atoms with E-state index >= 15 is 0 Å². The monoisotopic (exact) mass is 423 g/mol. The molecule has 0 radical (unpaired) electrons. The van der Waals surface area contributed by atoms with Crippen molar-refractivity contribution in [2.24, 2.45) is 0 Å². The zero-order chi connectivity index (χ0) is 21.8. The van der Waals surface area contributed by atoms with Crippen molar-refractivity contribution < 1.29 is 9.18 Å². The second kappa shape index (κ2) is 9.39. The van der Waals surface area contributed by atoms with Crippen molar-refractivity contribution in [2.75, 3.05) is 18.4 Å². The number of benzene rings is 2. The number of nitrogens with one attached hydrogen (secondary N) is 2. The minimum atomic E-state index is -0.186. The Morgan fingerprint density at radius 2 is 1.94 bits per heavy atom. The van der Waals surface area contributed by atoms with E-state index in [4.69, 9.17) is 0 Å². The Hall–Kier alpha value is -2.40. The third kappa shape index (κ3) is 5.45. The van der Waals surface area contributed by atoms with Crippen LogP contribution in [-0.4, -0.2) is 35.6 Å². The molecule has 1 saturated heterocycles. The van der Waals surface area contributed by atoms with Gasteiger partial charge in [0, 0.05) is 18.3 Å². The molecule has 1 aliphatic heterocycles. The summed E-state index contributed by atoms with van der Waals surface area (Å²) >= 11 is 0. The highest BCUT2D eigenvalue weighted by atomic mass is 19.1. The van der Waals surface area contributed by atoms with E-state index < -0.39 is 0 Å². The molecule has 2 N–H and O–H groups in total. The lowest BCUT2D eigenvalue weighted by Gasteiger charge is -2.46. The summed E-state index contributed by atoms with van der Waals surface area (Å²) in [4.78, 5) is 15.3. The summed E-state index contributed by atoms with van der Waals surface area (Å²) in [5, 5.41) is 6.34. The van der Waals surface area contributed by atoms with E-state index in [1.54, 1.807) is 12.1 Å². The first kappa shape index (κ1) is 21.8. The molecule has 2 fully saturated rings. The van der Waals surface area contributed by atoms with Crippen molar-refractivity contribution in [1.29, 1.82) is 0 Å². The Bertz CT molecular complexity index is 892. The molecule has 2 aromatic rings. The molecule has 0 aromatic heterocycles. The van der Waals surface area contributed by atoms with Crippen LogP contribution in [0.3, 0.4) is 0 Å². The molecule has 4 rings (SSSR count). The molecule has 2 amide bonds. The summed E-state index contributed by atoms with van der Waals surface area (Å²) < 4.78 is 13.2. The van der Waals surface area contributed by atoms with Crippen LogP contribution in [0.25, 0.3) is 0 Å². The van der Waals surface area contributed by atoms with Gasteiger partial charge in [-0.2, -0.15) is 0 Å². The van der Waals surface area contributed by atoms with Crippen molar-refractivity contribution in [3.05, 3.63) is 65.5 Å². The fourth-order valence-corrected chi connectivity index (χ4v) is 4.92. The topological polar surface area (TPSA) is 44.4 Å². The van der Waals surface area contributed by atoms with Gasteiger partial charge in [0.2, 0.25) is 0 Å². The fraction of sp³-hybridized carbons (Fsp3) is 0.500. The lowest BCUT2D eigenvalue weighted by molar-refractivity contribution is 0.109. The lowest BCUT2D eigenvalue weighted by Crippen LogP contribution is -2.61. The van der Waals surface area contributed by atoms with E-state index in [1.165, 1.54) is 17.5 Å². The van der Waals surface area contributed by atoms with Crippen LogP contribution >= 0.6 is 0 Å². The average Bonchev–Trinajstić information content (AvgIpc) is 3.14. The normalized spacial score (nSPS) is 20.5. The van der Waals surface area contributed by atoms with Crippen LogP contribution in [0.15, 0.2) is 48.5 Å². The number of anilines is 1. The van der Waals surface area contributed by atoms with Crippen molar-refractivity contribution in [3.63, 3.8) is 0 Å². The van der Waals surface area contributed by atoms with E-state index in [0.717, 1.165) is 50.9 Å². The molecule has 0 spiro atoms. The number of urea groups is 1. The van der Waals surface area contributed by atoms with Crippen LogP contribution < -0.4 is 10.6 Å². The van der Waals surface area contributed by atoms with Crippen LogP contribution in [0.4, 0.5) is 14.9 Å². The molecule has 4 nitrogen and oxygen atoms in total. The Kier molecular flexibility index (Phi) is 6.61. The van der Waals surface area contributed by atoms with Crippen LogP contribution in [0.5, 0.6) is 0 Å². The average molecular weight is 424 g/mol. The number of likely N-dealkylation sites (tertiary alicyclic amines) is 1. The standard InChI is InChI=1S/C26H34FN3O/c1-19(2)21-6-3-7-23(17-21)28-25(31)29-26(13-5-14-26)18-30-15-4-8-24(30)16-20-9-11-22(27)12-10-20/h3,6-7,9-12,17,19,24H,4-5,8,13-16,18H2,1-2H3,(H2,28,29,31). The summed E-state index contributed by atoms with van der Waals surface area (Å²) in [6.07, 6.45) is 6.46. The van der Waals surface area contributed by atoms with Gasteiger partial charge in [0.05, 0.1) is 5.54 Å². The number of hydrogen-bond acceptors (Lipinski definition) is 2. The number of hydrogen-bond donors (Lipinski definition) is 2. The number of amides is 2. The number of carbonyl (C=O) groups is 1. The van der Waals surface area contributed by atoms with E-state index in [2.05, 4.69) is 41.5 Å². The molecule has 31 heavy (non-hydrogen) atoms. The van der Waals surface area contributed by atoms with Gasteiger partial charge in [0.25, 0.3) is 0 Å². The molecular weight excluding hydrogens is 389 g/mol. The van der Waals surface area contributed by atoms with Gasteiger partial charge in [-0.05, 0) is 86.4 Å². The SMILES string of the molecule is CC(C)c1cccc(NC(=O)NC2(CN3CCCC3Cc3ccc(F)cc3)CCC2)c1. The van der Waals surface area contributed by atoms with Gasteiger partial charge >= 0.3 is 6.03 Å². The highest BCUT2D eigenvalue weighted by molar-refractivity contribution is 5.90. The Morgan fingerprint density at radius 1 is 1.16 bits per heavy atom. The molecule has 1 heterocycles. The van der Waals surface area contributed by atoms with Crippen molar-refractivity contribution >= 4 is 11.7 Å². The molecule has 2 aromatic carbocycles. The predicted molar refractivity (Wildman–Crippen MR) is 124 cm³/mol. The highest BCUT2D eigenvalue weighted by Crippen LogP contribution is 2.35. The Balaban J connectivity index is 1.36. The van der Waals surface area contributed by atoms with Crippen molar-refractivity contribution in [1.82, 2.24) is 10.2 Å². The van der Waals surface area contributed by atoms with Crippen LogP contribution in [-0.2, 0) is 6.42 Å². The third-order valence-electron chi connectivity index (χ3n) is 6.89. The molecule has 1 unspecified atom stereocenters. The van der Waals surface area contributed by atoms with E-state index in [1.807, 2.05) is 24.3 Å². The summed E-state index contributed by atoms with van der Waals surface area (Å²) in [5.74, 6) is 0.241. The van der Waals surface area contributed by atoms with Gasteiger partial charge in [-0.15, -0.1) is 0 Å². The largest absolute Gasteiger partial charge is 0.331 e. The maximum absolute atomic E-state index is 13.2. The molecule has 1 aliphatic carbocycles. The number of nitrogens with zero attached hydrogens (tertiary/aromatic N) is 1. The first-order valence-corrected chi connectivity index (χ1v) is 11.6. The van der Waals surface area contributed by atoms with Gasteiger partial charge in [0.15, 0.2) is 0 Å². The van der Waals surface area contributed by atoms with E-state index in [9.17, 15) is 9.18 Å². The zero-order valence-corrected chi connectivity index (χ0v) is 18.7.